The van der Waals surface area contributed by atoms with Gasteiger partial charge in [0.15, 0.2) is 0 Å². The Morgan fingerprint density at radius 3 is 2.67 bits per heavy atom. The minimum absolute atomic E-state index is 0.0572. The molecule has 2 unspecified atom stereocenters. The van der Waals surface area contributed by atoms with E-state index < -0.39 is 5.97 Å². The van der Waals surface area contributed by atoms with Crippen LogP contribution in [0.1, 0.15) is 26.2 Å². The molecule has 1 aliphatic rings. The smallest absolute Gasteiger partial charge is 0.317 e. The van der Waals surface area contributed by atoms with Crippen molar-refractivity contribution in [3.05, 3.63) is 0 Å². The third-order valence-electron chi connectivity index (χ3n) is 2.97. The molecule has 1 saturated heterocycles. The minimum Gasteiger partial charge on any atom is -0.480 e. The molecule has 0 spiro atoms. The first-order chi connectivity index (χ1) is 7.04. The zero-order chi connectivity index (χ0) is 11.4. The molecule has 1 rings (SSSR count). The van der Waals surface area contributed by atoms with E-state index in [4.69, 9.17) is 16.7 Å². The molecule has 86 valence electrons. The molecule has 1 aliphatic heterocycles. The number of rotatable bonds is 4. The van der Waals surface area contributed by atoms with E-state index in [0.717, 1.165) is 6.42 Å². The normalized spacial score (nSPS) is 27.6. The van der Waals surface area contributed by atoms with Gasteiger partial charge in [0.2, 0.25) is 5.24 Å². The van der Waals surface area contributed by atoms with E-state index >= 15 is 0 Å². The van der Waals surface area contributed by atoms with Crippen molar-refractivity contribution in [2.24, 2.45) is 5.92 Å². The standard InChI is InChI=1S/C10H16ClNO3/c1-2-8-5-7(10(11)15)3-4-12(8)6-9(13)14/h7-8H,2-6H2,1H3,(H,13,14). The predicted molar refractivity (Wildman–Crippen MR) is 56.9 cm³/mol. The van der Waals surface area contributed by atoms with Crippen LogP contribution in [0.25, 0.3) is 0 Å². The third-order valence-corrected chi connectivity index (χ3v) is 3.28. The van der Waals surface area contributed by atoms with Crippen molar-refractivity contribution in [2.45, 2.75) is 32.2 Å². The van der Waals surface area contributed by atoms with E-state index in [2.05, 4.69) is 0 Å². The van der Waals surface area contributed by atoms with Crippen molar-refractivity contribution >= 4 is 22.8 Å². The maximum absolute atomic E-state index is 11.0. The fraction of sp³-hybridized carbons (Fsp3) is 0.800. The lowest BCUT2D eigenvalue weighted by molar-refractivity contribution is -0.139. The molecule has 0 bridgehead atoms. The van der Waals surface area contributed by atoms with Gasteiger partial charge in [-0.05, 0) is 37.4 Å². The molecule has 1 N–H and O–H groups in total. The Balaban J connectivity index is 2.56. The van der Waals surface area contributed by atoms with Gasteiger partial charge in [-0.15, -0.1) is 0 Å². The van der Waals surface area contributed by atoms with Crippen LogP contribution in [0.3, 0.4) is 0 Å². The van der Waals surface area contributed by atoms with Gasteiger partial charge in [-0.3, -0.25) is 14.5 Å². The highest BCUT2D eigenvalue weighted by Crippen LogP contribution is 2.26. The summed E-state index contributed by atoms with van der Waals surface area (Å²) < 4.78 is 0. The third kappa shape index (κ3) is 3.47. The molecule has 2 atom stereocenters. The number of carboxylic acids is 1. The van der Waals surface area contributed by atoms with E-state index in [1.54, 1.807) is 0 Å². The maximum atomic E-state index is 11.0. The van der Waals surface area contributed by atoms with Crippen LogP contribution < -0.4 is 0 Å². The largest absolute Gasteiger partial charge is 0.480 e. The van der Waals surface area contributed by atoms with Crippen molar-refractivity contribution in [1.82, 2.24) is 4.90 Å². The molecule has 15 heavy (non-hydrogen) atoms. The number of aliphatic carboxylic acids is 1. The van der Waals surface area contributed by atoms with Gasteiger partial charge < -0.3 is 5.11 Å². The van der Waals surface area contributed by atoms with Gasteiger partial charge in [0.05, 0.1) is 6.54 Å². The van der Waals surface area contributed by atoms with Crippen LogP contribution >= 0.6 is 11.6 Å². The van der Waals surface area contributed by atoms with Crippen molar-refractivity contribution in [2.75, 3.05) is 13.1 Å². The first kappa shape index (κ1) is 12.5. The molecule has 0 amide bonds. The van der Waals surface area contributed by atoms with E-state index in [1.807, 2.05) is 11.8 Å². The number of nitrogens with zero attached hydrogens (tertiary/aromatic N) is 1. The van der Waals surface area contributed by atoms with Crippen molar-refractivity contribution in [3.8, 4) is 0 Å². The summed E-state index contributed by atoms with van der Waals surface area (Å²) in [5.74, 6) is -0.911. The van der Waals surface area contributed by atoms with E-state index in [-0.39, 0.29) is 23.7 Å². The topological polar surface area (TPSA) is 57.6 Å². The first-order valence-corrected chi connectivity index (χ1v) is 5.57. The summed E-state index contributed by atoms with van der Waals surface area (Å²) in [7, 11) is 0. The second-order valence-corrected chi connectivity index (χ2v) is 4.32. The fourth-order valence-electron chi connectivity index (χ4n) is 2.11. The molecule has 5 heteroatoms. The number of carboxylic acid groups (broad SMARTS) is 1. The van der Waals surface area contributed by atoms with Gasteiger partial charge >= 0.3 is 5.97 Å². The summed E-state index contributed by atoms with van der Waals surface area (Å²) in [6.45, 7) is 2.70. The Morgan fingerprint density at radius 1 is 1.53 bits per heavy atom. The van der Waals surface area contributed by atoms with Crippen LogP contribution in [-0.2, 0) is 9.59 Å². The molecule has 0 saturated carbocycles. The monoisotopic (exact) mass is 233 g/mol. The van der Waals surface area contributed by atoms with Gasteiger partial charge in [-0.2, -0.15) is 0 Å². The van der Waals surface area contributed by atoms with Crippen LogP contribution in [0.4, 0.5) is 0 Å². The lowest BCUT2D eigenvalue weighted by atomic mass is 9.90. The quantitative estimate of drug-likeness (QED) is 0.745. The highest BCUT2D eigenvalue weighted by Gasteiger charge is 2.31. The summed E-state index contributed by atoms with van der Waals surface area (Å²) in [5.41, 5.74) is 0. The number of carbonyl (C=O) groups excluding carboxylic acids is 1. The molecule has 1 fully saturated rings. The van der Waals surface area contributed by atoms with Gasteiger partial charge in [0.1, 0.15) is 0 Å². The second-order valence-electron chi connectivity index (χ2n) is 3.95. The number of halogens is 1. The number of piperidine rings is 1. The summed E-state index contributed by atoms with van der Waals surface area (Å²) in [5, 5.41) is 8.43. The van der Waals surface area contributed by atoms with E-state index in [0.29, 0.717) is 19.4 Å². The Morgan fingerprint density at radius 2 is 2.20 bits per heavy atom. The van der Waals surface area contributed by atoms with Crippen molar-refractivity contribution < 1.29 is 14.7 Å². The van der Waals surface area contributed by atoms with Crippen LogP contribution in [0.5, 0.6) is 0 Å². The maximum Gasteiger partial charge on any atom is 0.317 e. The number of carbonyl (C=O) groups is 2. The Hall–Kier alpha value is -0.610. The Bertz CT molecular complexity index is 257. The van der Waals surface area contributed by atoms with Gasteiger partial charge in [-0.1, -0.05) is 6.92 Å². The summed E-state index contributed by atoms with van der Waals surface area (Å²) in [4.78, 5) is 23.5. The summed E-state index contributed by atoms with van der Waals surface area (Å²) >= 11 is 5.46. The molecule has 0 aromatic heterocycles. The van der Waals surface area contributed by atoms with E-state index in [9.17, 15) is 9.59 Å². The molecule has 0 aromatic carbocycles. The van der Waals surface area contributed by atoms with Crippen LogP contribution in [-0.4, -0.2) is 40.3 Å². The van der Waals surface area contributed by atoms with Gasteiger partial charge in [-0.25, -0.2) is 0 Å². The van der Waals surface area contributed by atoms with Crippen LogP contribution in [0, 0.1) is 5.92 Å². The zero-order valence-corrected chi connectivity index (χ0v) is 9.54. The van der Waals surface area contributed by atoms with Crippen molar-refractivity contribution in [1.29, 1.82) is 0 Å². The predicted octanol–water partition coefficient (Wildman–Crippen LogP) is 1.33. The molecule has 0 radical (unpaired) electrons. The van der Waals surface area contributed by atoms with Crippen LogP contribution in [0.2, 0.25) is 0 Å². The highest BCUT2D eigenvalue weighted by molar-refractivity contribution is 6.64. The summed E-state index contributed by atoms with van der Waals surface area (Å²) in [6, 6.07) is 0.169. The van der Waals surface area contributed by atoms with Crippen LogP contribution in [0.15, 0.2) is 0 Å². The molecule has 1 heterocycles. The minimum atomic E-state index is -0.816. The SMILES string of the molecule is CCC1CC(C(=O)Cl)CCN1CC(=O)O. The number of likely N-dealkylation sites (tertiary alicyclic amines) is 1. The fourth-order valence-corrected chi connectivity index (χ4v) is 2.31. The molecular formula is C10H16ClNO3. The summed E-state index contributed by atoms with van der Waals surface area (Å²) in [6.07, 6.45) is 2.21. The lowest BCUT2D eigenvalue weighted by Crippen LogP contribution is -2.45. The Labute approximate surface area is 94.2 Å². The zero-order valence-electron chi connectivity index (χ0n) is 8.78. The van der Waals surface area contributed by atoms with Gasteiger partial charge in [0.25, 0.3) is 0 Å². The molecular weight excluding hydrogens is 218 g/mol. The average molecular weight is 234 g/mol. The average Bonchev–Trinajstić information content (AvgIpc) is 2.17. The van der Waals surface area contributed by atoms with E-state index in [1.165, 1.54) is 0 Å². The van der Waals surface area contributed by atoms with Gasteiger partial charge in [0, 0.05) is 12.0 Å². The number of hydrogen-bond donors (Lipinski definition) is 1. The number of hydrogen-bond acceptors (Lipinski definition) is 3. The highest BCUT2D eigenvalue weighted by atomic mass is 35.5. The molecule has 0 aromatic rings. The molecule has 4 nitrogen and oxygen atoms in total. The van der Waals surface area contributed by atoms with Crippen molar-refractivity contribution in [3.63, 3.8) is 0 Å². The lowest BCUT2D eigenvalue weighted by Gasteiger charge is -2.36. The second kappa shape index (κ2) is 5.47. The first-order valence-electron chi connectivity index (χ1n) is 5.19. The Kier molecular flexibility index (Phi) is 4.54. The molecule has 0 aliphatic carbocycles.